The van der Waals surface area contributed by atoms with Crippen molar-refractivity contribution < 1.29 is 13.2 Å². The van der Waals surface area contributed by atoms with Gasteiger partial charge in [0.15, 0.2) is 0 Å². The minimum absolute atomic E-state index is 0.0321. The molecule has 4 unspecified atom stereocenters. The molecule has 4 aromatic rings. The van der Waals surface area contributed by atoms with Gasteiger partial charge in [-0.2, -0.15) is 0 Å². The van der Waals surface area contributed by atoms with E-state index in [9.17, 15) is 13.2 Å². The van der Waals surface area contributed by atoms with Crippen molar-refractivity contribution in [1.82, 2.24) is 36.0 Å². The smallest absolute Gasteiger partial charge is 0.261 e. The molecule has 4 atom stereocenters. The third-order valence-electron chi connectivity index (χ3n) is 8.30. The molecule has 3 fully saturated rings. The second-order valence-corrected chi connectivity index (χ2v) is 11.0. The molecule has 3 aliphatic rings. The van der Waals surface area contributed by atoms with Crippen LogP contribution in [0, 0.1) is 11.7 Å². The number of imidazole rings is 1. The number of benzene rings is 2. The van der Waals surface area contributed by atoms with Crippen LogP contribution >= 0.6 is 0 Å². The Morgan fingerprint density at radius 3 is 2.79 bits per heavy atom. The summed E-state index contributed by atoms with van der Waals surface area (Å²) in [7, 11) is 0. The third-order valence-corrected chi connectivity index (χ3v) is 8.30. The van der Waals surface area contributed by atoms with E-state index < -0.39 is 5.92 Å². The molecule has 10 heteroatoms. The first kappa shape index (κ1) is 24.7. The molecule has 202 valence electrons. The van der Waals surface area contributed by atoms with E-state index >= 15 is 0 Å². The summed E-state index contributed by atoms with van der Waals surface area (Å²) in [4.78, 5) is 14.7. The van der Waals surface area contributed by atoms with Crippen molar-refractivity contribution in [2.45, 2.75) is 43.4 Å². The number of aromatic amines is 1. The third kappa shape index (κ3) is 4.82. The summed E-state index contributed by atoms with van der Waals surface area (Å²) in [6.45, 7) is 1.46. The van der Waals surface area contributed by atoms with Crippen molar-refractivity contribution in [3.8, 4) is 11.1 Å². The Hall–Kier alpha value is -3.31. The maximum atomic E-state index is 13.9. The van der Waals surface area contributed by atoms with Crippen LogP contribution in [-0.4, -0.2) is 51.5 Å². The second-order valence-electron chi connectivity index (χ2n) is 11.0. The van der Waals surface area contributed by atoms with Crippen LogP contribution in [0.4, 0.5) is 13.2 Å². The molecule has 0 saturated carbocycles. The number of nitrogens with zero attached hydrogens (tertiary/aromatic N) is 3. The zero-order valence-corrected chi connectivity index (χ0v) is 21.3. The lowest BCUT2D eigenvalue weighted by atomic mass is 9.82. The second kappa shape index (κ2) is 9.71. The average Bonchev–Trinajstić information content (AvgIpc) is 3.64. The number of H-pyrrole nitrogens is 1. The number of para-hydroxylation sites is 1. The highest BCUT2D eigenvalue weighted by atomic mass is 19.3. The number of nitrogens with one attached hydrogen (secondary N) is 4. The lowest BCUT2D eigenvalue weighted by Gasteiger charge is -2.34. The van der Waals surface area contributed by atoms with Crippen LogP contribution in [0.2, 0.25) is 0 Å². The molecule has 3 saturated heterocycles. The van der Waals surface area contributed by atoms with E-state index in [1.807, 2.05) is 30.5 Å². The van der Waals surface area contributed by atoms with Crippen LogP contribution in [0.15, 0.2) is 60.9 Å². The molecular weight excluding hydrogens is 503 g/mol. The van der Waals surface area contributed by atoms with Gasteiger partial charge in [0.2, 0.25) is 0 Å². The zero-order valence-electron chi connectivity index (χ0n) is 21.3. The number of fused-ring (bicyclic) bond motifs is 2. The van der Waals surface area contributed by atoms with Gasteiger partial charge in [-0.05, 0) is 47.4 Å². The molecule has 39 heavy (non-hydrogen) atoms. The van der Waals surface area contributed by atoms with Crippen LogP contribution in [0.5, 0.6) is 0 Å². The van der Waals surface area contributed by atoms with Crippen LogP contribution in [0.25, 0.3) is 22.2 Å². The number of alkyl halides is 2. The predicted octanol–water partition coefficient (Wildman–Crippen LogP) is 4.47. The number of aromatic nitrogens is 3. The van der Waals surface area contributed by atoms with Gasteiger partial charge in [-0.15, -0.1) is 0 Å². The van der Waals surface area contributed by atoms with E-state index in [1.54, 1.807) is 17.2 Å². The SMILES string of the molecule is Fc1cccc(-c2cccc3[nH]c(C4NNC5CNC(c6cncc(CN7CCC(F)(F)C7)c6)CC54)nc23)c1. The van der Waals surface area contributed by atoms with Gasteiger partial charge in [-0.3, -0.25) is 15.3 Å². The minimum Gasteiger partial charge on any atom is -0.341 e. The molecule has 3 aliphatic heterocycles. The summed E-state index contributed by atoms with van der Waals surface area (Å²) in [5, 5.41) is 3.63. The maximum absolute atomic E-state index is 13.9. The number of pyridine rings is 1. The first-order valence-corrected chi connectivity index (χ1v) is 13.4. The molecule has 0 amide bonds. The van der Waals surface area contributed by atoms with Crippen molar-refractivity contribution in [3.05, 3.63) is 83.7 Å². The summed E-state index contributed by atoms with van der Waals surface area (Å²) in [6.07, 6.45) is 4.42. The number of hydrazine groups is 1. The van der Waals surface area contributed by atoms with Gasteiger partial charge in [-0.25, -0.2) is 23.6 Å². The van der Waals surface area contributed by atoms with Crippen LogP contribution in [-0.2, 0) is 6.54 Å². The predicted molar refractivity (Wildman–Crippen MR) is 142 cm³/mol. The van der Waals surface area contributed by atoms with Gasteiger partial charge >= 0.3 is 0 Å². The Morgan fingerprint density at radius 1 is 1.05 bits per heavy atom. The lowest BCUT2D eigenvalue weighted by molar-refractivity contribution is 0.0115. The number of rotatable bonds is 5. The largest absolute Gasteiger partial charge is 0.341 e. The standard InChI is InChI=1S/C29H30F3N7/c30-20-4-1-3-18(10-20)21-5-2-6-23-26(21)36-28(35-23)27-22-11-24(34-14-25(22)37-38-27)19-9-17(12-33-13-19)15-39-8-7-29(31,32)16-39/h1-6,9-10,12-13,22,24-25,27,34,37-38H,7-8,11,14-16H2,(H,35,36). The topological polar surface area (TPSA) is 80.9 Å². The van der Waals surface area contributed by atoms with E-state index in [1.165, 1.54) is 12.1 Å². The first-order chi connectivity index (χ1) is 18.9. The fourth-order valence-corrected chi connectivity index (χ4v) is 6.37. The molecule has 7 rings (SSSR count). The molecule has 2 aromatic carbocycles. The van der Waals surface area contributed by atoms with Gasteiger partial charge in [0, 0.05) is 62.0 Å². The molecular formula is C29H30F3N7. The summed E-state index contributed by atoms with van der Waals surface area (Å²) < 4.78 is 41.3. The summed E-state index contributed by atoms with van der Waals surface area (Å²) in [6, 6.07) is 14.9. The van der Waals surface area contributed by atoms with E-state index in [0.29, 0.717) is 13.1 Å². The molecule has 0 radical (unpaired) electrons. The van der Waals surface area contributed by atoms with E-state index in [2.05, 4.69) is 32.2 Å². The van der Waals surface area contributed by atoms with Gasteiger partial charge in [-0.1, -0.05) is 24.3 Å². The summed E-state index contributed by atoms with van der Waals surface area (Å²) in [5.41, 5.74) is 12.3. The number of hydrogen-bond donors (Lipinski definition) is 4. The minimum atomic E-state index is -2.60. The molecule has 4 N–H and O–H groups in total. The Kier molecular flexibility index (Phi) is 6.15. The Labute approximate surface area is 224 Å². The van der Waals surface area contributed by atoms with Crippen LogP contribution < -0.4 is 16.2 Å². The Bertz CT molecular complexity index is 1510. The molecule has 5 heterocycles. The van der Waals surface area contributed by atoms with Crippen LogP contribution in [0.3, 0.4) is 0 Å². The molecule has 2 aromatic heterocycles. The normalized spacial score (nSPS) is 26.7. The highest BCUT2D eigenvalue weighted by Crippen LogP contribution is 2.39. The lowest BCUT2D eigenvalue weighted by Crippen LogP contribution is -2.46. The highest BCUT2D eigenvalue weighted by molar-refractivity contribution is 5.92. The molecule has 0 spiro atoms. The monoisotopic (exact) mass is 533 g/mol. The number of hydrogen-bond acceptors (Lipinski definition) is 6. The number of halogens is 3. The highest BCUT2D eigenvalue weighted by Gasteiger charge is 2.43. The van der Waals surface area contributed by atoms with Gasteiger partial charge in [0.25, 0.3) is 5.92 Å². The van der Waals surface area contributed by atoms with Gasteiger partial charge in [0.05, 0.1) is 23.6 Å². The fourth-order valence-electron chi connectivity index (χ4n) is 6.37. The average molecular weight is 534 g/mol. The van der Waals surface area contributed by atoms with E-state index in [0.717, 1.165) is 52.1 Å². The number of likely N-dealkylation sites (tertiary alicyclic amines) is 1. The van der Waals surface area contributed by atoms with E-state index in [-0.39, 0.29) is 42.8 Å². The zero-order chi connectivity index (χ0) is 26.6. The fraction of sp³-hybridized carbons (Fsp3) is 0.379. The Balaban J connectivity index is 1.12. The summed E-state index contributed by atoms with van der Waals surface area (Å²) in [5.74, 6) is -1.77. The van der Waals surface area contributed by atoms with Crippen molar-refractivity contribution >= 4 is 11.0 Å². The van der Waals surface area contributed by atoms with Crippen LogP contribution in [0.1, 0.15) is 41.9 Å². The quantitative estimate of drug-likeness (QED) is 0.303. The van der Waals surface area contributed by atoms with Crippen molar-refractivity contribution in [1.29, 1.82) is 0 Å². The Morgan fingerprint density at radius 2 is 1.95 bits per heavy atom. The van der Waals surface area contributed by atoms with Crippen molar-refractivity contribution in [3.63, 3.8) is 0 Å². The van der Waals surface area contributed by atoms with Crippen molar-refractivity contribution in [2.24, 2.45) is 5.92 Å². The number of piperidine rings is 1. The summed E-state index contributed by atoms with van der Waals surface area (Å²) >= 11 is 0. The molecule has 0 aliphatic carbocycles. The first-order valence-electron chi connectivity index (χ1n) is 13.4. The maximum Gasteiger partial charge on any atom is 0.261 e. The van der Waals surface area contributed by atoms with Crippen molar-refractivity contribution in [2.75, 3.05) is 19.6 Å². The van der Waals surface area contributed by atoms with E-state index in [4.69, 9.17) is 4.98 Å². The molecule has 0 bridgehead atoms. The van der Waals surface area contributed by atoms with Gasteiger partial charge < -0.3 is 10.3 Å². The van der Waals surface area contributed by atoms with Gasteiger partial charge in [0.1, 0.15) is 11.6 Å². The molecule has 7 nitrogen and oxygen atoms in total.